The second-order valence-corrected chi connectivity index (χ2v) is 4.83. The van der Waals surface area contributed by atoms with E-state index in [4.69, 9.17) is 0 Å². The standard InChI is InChI=1S/C13H16N2OS/c1-10-13(17-9-15-10)7-14-12(8-16)11-5-3-2-4-6-11/h2-6,9,12,14,16H,7-8H2,1H3/t12-/m0/s1. The van der Waals surface area contributed by atoms with Crippen molar-refractivity contribution in [1.82, 2.24) is 10.3 Å². The summed E-state index contributed by atoms with van der Waals surface area (Å²) in [6.45, 7) is 2.85. The minimum absolute atomic E-state index is 0.0160. The first kappa shape index (κ1) is 12.2. The lowest BCUT2D eigenvalue weighted by Crippen LogP contribution is -2.23. The van der Waals surface area contributed by atoms with Crippen LogP contribution in [0.25, 0.3) is 0 Å². The Morgan fingerprint density at radius 1 is 1.35 bits per heavy atom. The highest BCUT2D eigenvalue weighted by Crippen LogP contribution is 2.16. The molecule has 3 nitrogen and oxygen atoms in total. The highest BCUT2D eigenvalue weighted by Gasteiger charge is 2.10. The summed E-state index contributed by atoms with van der Waals surface area (Å²) in [5.41, 5.74) is 4.02. The number of hydrogen-bond acceptors (Lipinski definition) is 4. The van der Waals surface area contributed by atoms with Gasteiger partial charge >= 0.3 is 0 Å². The Bertz CT molecular complexity index is 455. The van der Waals surface area contributed by atoms with Crippen LogP contribution < -0.4 is 5.32 Å². The van der Waals surface area contributed by atoms with Gasteiger partial charge in [-0.15, -0.1) is 11.3 Å². The molecule has 4 heteroatoms. The van der Waals surface area contributed by atoms with E-state index in [-0.39, 0.29) is 12.6 Å². The van der Waals surface area contributed by atoms with Crippen LogP contribution in [0.2, 0.25) is 0 Å². The second kappa shape index (κ2) is 5.91. The van der Waals surface area contributed by atoms with Crippen molar-refractivity contribution >= 4 is 11.3 Å². The molecule has 0 spiro atoms. The molecule has 1 atom stereocenters. The summed E-state index contributed by atoms with van der Waals surface area (Å²) in [6, 6.07) is 9.97. The second-order valence-electron chi connectivity index (χ2n) is 3.89. The van der Waals surface area contributed by atoms with Crippen LogP contribution in [0.3, 0.4) is 0 Å². The molecule has 2 N–H and O–H groups in total. The molecule has 2 aromatic rings. The smallest absolute Gasteiger partial charge is 0.0798 e. The summed E-state index contributed by atoms with van der Waals surface area (Å²) < 4.78 is 0. The molecule has 1 heterocycles. The molecule has 90 valence electrons. The lowest BCUT2D eigenvalue weighted by Gasteiger charge is -2.16. The first-order valence-electron chi connectivity index (χ1n) is 5.59. The van der Waals surface area contributed by atoms with Gasteiger partial charge in [-0.05, 0) is 12.5 Å². The Balaban J connectivity index is 1.99. The molecule has 0 saturated heterocycles. The van der Waals surface area contributed by atoms with Gasteiger partial charge in [0, 0.05) is 11.4 Å². The summed E-state index contributed by atoms with van der Waals surface area (Å²) in [5, 5.41) is 12.8. The summed E-state index contributed by atoms with van der Waals surface area (Å²) in [6.07, 6.45) is 0. The number of nitrogens with one attached hydrogen (secondary N) is 1. The van der Waals surface area contributed by atoms with Crippen LogP contribution in [-0.4, -0.2) is 16.7 Å². The summed E-state index contributed by atoms with van der Waals surface area (Å²) in [5.74, 6) is 0. The number of nitrogens with zero attached hydrogens (tertiary/aromatic N) is 1. The molecular weight excluding hydrogens is 232 g/mol. The highest BCUT2D eigenvalue weighted by molar-refractivity contribution is 7.09. The third-order valence-electron chi connectivity index (χ3n) is 2.74. The molecule has 0 saturated carbocycles. The van der Waals surface area contributed by atoms with E-state index in [1.807, 2.05) is 42.8 Å². The molecular formula is C13H16N2OS. The van der Waals surface area contributed by atoms with E-state index in [1.54, 1.807) is 11.3 Å². The molecule has 0 unspecified atom stereocenters. The average molecular weight is 248 g/mol. The first-order chi connectivity index (χ1) is 8.31. The van der Waals surface area contributed by atoms with Crippen LogP contribution in [0.5, 0.6) is 0 Å². The van der Waals surface area contributed by atoms with Gasteiger partial charge in [-0.2, -0.15) is 0 Å². The number of hydrogen-bond donors (Lipinski definition) is 2. The van der Waals surface area contributed by atoms with Gasteiger partial charge in [0.05, 0.1) is 23.9 Å². The fraction of sp³-hybridized carbons (Fsp3) is 0.308. The normalized spacial score (nSPS) is 12.6. The Labute approximate surface area is 105 Å². The van der Waals surface area contributed by atoms with Crippen molar-refractivity contribution in [3.63, 3.8) is 0 Å². The first-order valence-corrected chi connectivity index (χ1v) is 6.47. The molecule has 17 heavy (non-hydrogen) atoms. The number of aliphatic hydroxyl groups excluding tert-OH is 1. The maximum absolute atomic E-state index is 9.40. The summed E-state index contributed by atoms with van der Waals surface area (Å²) >= 11 is 1.64. The van der Waals surface area contributed by atoms with Gasteiger partial charge in [0.1, 0.15) is 0 Å². The molecule has 1 aromatic heterocycles. The quantitative estimate of drug-likeness (QED) is 0.853. The van der Waals surface area contributed by atoms with E-state index in [0.29, 0.717) is 0 Å². The van der Waals surface area contributed by atoms with Crippen LogP contribution in [-0.2, 0) is 6.54 Å². The van der Waals surface area contributed by atoms with Crippen molar-refractivity contribution in [3.05, 3.63) is 52.0 Å². The predicted octanol–water partition coefficient (Wildman–Crippen LogP) is 2.27. The number of aliphatic hydroxyl groups is 1. The molecule has 0 amide bonds. The van der Waals surface area contributed by atoms with Gasteiger partial charge in [0.25, 0.3) is 0 Å². The lowest BCUT2D eigenvalue weighted by molar-refractivity contribution is 0.244. The number of benzene rings is 1. The van der Waals surface area contributed by atoms with E-state index in [2.05, 4.69) is 10.3 Å². The lowest BCUT2D eigenvalue weighted by atomic mass is 10.1. The van der Waals surface area contributed by atoms with Crippen LogP contribution in [0.4, 0.5) is 0 Å². The monoisotopic (exact) mass is 248 g/mol. The van der Waals surface area contributed by atoms with E-state index < -0.39 is 0 Å². The van der Waals surface area contributed by atoms with Crippen LogP contribution in [0.1, 0.15) is 22.2 Å². The van der Waals surface area contributed by atoms with E-state index >= 15 is 0 Å². The Morgan fingerprint density at radius 3 is 2.71 bits per heavy atom. The SMILES string of the molecule is Cc1ncsc1CN[C@@H](CO)c1ccccc1. The van der Waals surface area contributed by atoms with E-state index in [9.17, 15) is 5.11 Å². The third-order valence-corrected chi connectivity index (χ3v) is 3.67. The third kappa shape index (κ3) is 3.12. The van der Waals surface area contributed by atoms with Crippen molar-refractivity contribution in [2.75, 3.05) is 6.61 Å². The zero-order chi connectivity index (χ0) is 12.1. The molecule has 0 aliphatic heterocycles. The van der Waals surface area contributed by atoms with Crippen molar-refractivity contribution in [2.24, 2.45) is 0 Å². The van der Waals surface area contributed by atoms with Crippen molar-refractivity contribution in [2.45, 2.75) is 19.5 Å². The molecule has 0 bridgehead atoms. The maximum Gasteiger partial charge on any atom is 0.0798 e. The van der Waals surface area contributed by atoms with Crippen molar-refractivity contribution in [1.29, 1.82) is 0 Å². The molecule has 0 fully saturated rings. The zero-order valence-electron chi connectivity index (χ0n) is 9.76. The van der Waals surface area contributed by atoms with Gasteiger partial charge in [-0.25, -0.2) is 4.98 Å². The predicted molar refractivity (Wildman–Crippen MR) is 70.0 cm³/mol. The minimum Gasteiger partial charge on any atom is -0.394 e. The fourth-order valence-electron chi connectivity index (χ4n) is 1.68. The Morgan fingerprint density at radius 2 is 2.12 bits per heavy atom. The molecule has 0 aliphatic carbocycles. The Hall–Kier alpha value is -1.23. The van der Waals surface area contributed by atoms with Gasteiger partial charge < -0.3 is 10.4 Å². The van der Waals surface area contributed by atoms with Gasteiger partial charge in [0.2, 0.25) is 0 Å². The van der Waals surface area contributed by atoms with Crippen LogP contribution >= 0.6 is 11.3 Å². The van der Waals surface area contributed by atoms with Crippen molar-refractivity contribution in [3.8, 4) is 0 Å². The number of rotatable bonds is 5. The van der Waals surface area contributed by atoms with Crippen LogP contribution in [0, 0.1) is 6.92 Å². The van der Waals surface area contributed by atoms with E-state index in [1.165, 1.54) is 4.88 Å². The number of aromatic nitrogens is 1. The molecule has 0 aliphatic rings. The van der Waals surface area contributed by atoms with Gasteiger partial charge in [0.15, 0.2) is 0 Å². The molecule has 2 rings (SSSR count). The highest BCUT2D eigenvalue weighted by atomic mass is 32.1. The maximum atomic E-state index is 9.40. The molecule has 0 radical (unpaired) electrons. The van der Waals surface area contributed by atoms with Crippen LogP contribution in [0.15, 0.2) is 35.8 Å². The molecule has 1 aromatic carbocycles. The topological polar surface area (TPSA) is 45.2 Å². The minimum atomic E-state index is -0.0160. The Kier molecular flexibility index (Phi) is 4.25. The largest absolute Gasteiger partial charge is 0.394 e. The van der Waals surface area contributed by atoms with Crippen molar-refractivity contribution < 1.29 is 5.11 Å². The number of aryl methyl sites for hydroxylation is 1. The van der Waals surface area contributed by atoms with Gasteiger partial charge in [-0.1, -0.05) is 30.3 Å². The number of thiazole rings is 1. The summed E-state index contributed by atoms with van der Waals surface area (Å²) in [7, 11) is 0. The van der Waals surface area contributed by atoms with E-state index in [0.717, 1.165) is 17.8 Å². The van der Waals surface area contributed by atoms with Gasteiger partial charge in [-0.3, -0.25) is 0 Å². The fourth-order valence-corrected chi connectivity index (χ4v) is 2.41. The summed E-state index contributed by atoms with van der Waals surface area (Å²) in [4.78, 5) is 5.43. The zero-order valence-corrected chi connectivity index (χ0v) is 10.6. The average Bonchev–Trinajstić information content (AvgIpc) is 2.77.